The van der Waals surface area contributed by atoms with Crippen molar-refractivity contribution in [2.45, 2.75) is 0 Å². The fourth-order valence-corrected chi connectivity index (χ4v) is 3.32. The van der Waals surface area contributed by atoms with Gasteiger partial charge in [0.2, 0.25) is 0 Å². The number of pyridine rings is 2. The molecule has 128 valence electrons. The normalized spacial score (nSPS) is 10.8. The number of aromatic nitrogens is 2. The van der Waals surface area contributed by atoms with Crippen LogP contribution in [0.15, 0.2) is 77.7 Å². The van der Waals surface area contributed by atoms with Crippen molar-refractivity contribution in [1.29, 1.82) is 0 Å². The Kier molecular flexibility index (Phi) is 4.01. The molecular weight excluding hydrogens is 324 g/mol. The molecule has 0 bridgehead atoms. The van der Waals surface area contributed by atoms with Crippen molar-refractivity contribution in [3.63, 3.8) is 0 Å². The molecule has 0 atom stereocenters. The van der Waals surface area contributed by atoms with Gasteiger partial charge in [0.05, 0.1) is 18.5 Å². The smallest absolute Gasteiger partial charge is 0.258 e. The molecule has 26 heavy (non-hydrogen) atoms. The number of nitrogens with zero attached hydrogens (tertiary/aromatic N) is 2. The molecule has 4 aromatic rings. The molecular formula is C22H18N2O2. The molecule has 2 aromatic carbocycles. The van der Waals surface area contributed by atoms with E-state index < -0.39 is 0 Å². The highest BCUT2D eigenvalue weighted by atomic mass is 16.5. The zero-order valence-electron chi connectivity index (χ0n) is 14.6. The molecule has 0 unspecified atom stereocenters. The molecule has 0 amide bonds. The standard InChI is InChI=1S/C22H18N2O2/c1-24-21(19-10-6-7-13-23-19)20(15-8-4-3-5-9-15)18-14-16(26-2)11-12-17(18)22(24)25/h3-14H,1-2H3. The van der Waals surface area contributed by atoms with Crippen LogP contribution in [0.25, 0.3) is 33.3 Å². The molecule has 4 heteroatoms. The first-order valence-corrected chi connectivity index (χ1v) is 8.38. The predicted molar refractivity (Wildman–Crippen MR) is 104 cm³/mol. The van der Waals surface area contributed by atoms with E-state index in [1.807, 2.05) is 66.7 Å². The first-order valence-electron chi connectivity index (χ1n) is 8.38. The van der Waals surface area contributed by atoms with Crippen LogP contribution < -0.4 is 10.3 Å². The van der Waals surface area contributed by atoms with Crippen molar-refractivity contribution < 1.29 is 4.74 Å². The zero-order chi connectivity index (χ0) is 18.1. The van der Waals surface area contributed by atoms with E-state index in [1.54, 1.807) is 24.9 Å². The summed E-state index contributed by atoms with van der Waals surface area (Å²) in [6.45, 7) is 0. The summed E-state index contributed by atoms with van der Waals surface area (Å²) in [5, 5.41) is 1.52. The van der Waals surface area contributed by atoms with E-state index in [0.29, 0.717) is 5.39 Å². The van der Waals surface area contributed by atoms with E-state index in [1.165, 1.54) is 0 Å². The highest BCUT2D eigenvalue weighted by molar-refractivity contribution is 6.02. The van der Waals surface area contributed by atoms with Gasteiger partial charge in [0, 0.05) is 29.6 Å². The lowest BCUT2D eigenvalue weighted by Gasteiger charge is -2.17. The molecule has 0 aliphatic rings. The van der Waals surface area contributed by atoms with E-state index in [-0.39, 0.29) is 5.56 Å². The highest BCUT2D eigenvalue weighted by Gasteiger charge is 2.19. The maximum Gasteiger partial charge on any atom is 0.258 e. The van der Waals surface area contributed by atoms with Crippen LogP contribution in [0.5, 0.6) is 5.75 Å². The highest BCUT2D eigenvalue weighted by Crippen LogP contribution is 2.36. The zero-order valence-corrected chi connectivity index (χ0v) is 14.6. The summed E-state index contributed by atoms with van der Waals surface area (Å²) in [4.78, 5) is 17.5. The molecule has 0 N–H and O–H groups in total. The van der Waals surface area contributed by atoms with E-state index in [4.69, 9.17) is 4.74 Å². The average Bonchev–Trinajstić information content (AvgIpc) is 2.71. The van der Waals surface area contributed by atoms with Crippen LogP contribution in [0.1, 0.15) is 0 Å². The van der Waals surface area contributed by atoms with Crippen molar-refractivity contribution in [3.05, 3.63) is 83.3 Å². The van der Waals surface area contributed by atoms with Gasteiger partial charge in [-0.2, -0.15) is 0 Å². The third kappa shape index (κ3) is 2.56. The van der Waals surface area contributed by atoms with E-state index in [2.05, 4.69) is 4.98 Å². The molecule has 4 rings (SSSR count). The van der Waals surface area contributed by atoms with E-state index in [0.717, 1.165) is 33.7 Å². The van der Waals surface area contributed by atoms with E-state index in [9.17, 15) is 4.79 Å². The summed E-state index contributed by atoms with van der Waals surface area (Å²) in [7, 11) is 3.42. The van der Waals surface area contributed by atoms with Crippen LogP contribution in [0.3, 0.4) is 0 Å². The molecule has 0 radical (unpaired) electrons. The van der Waals surface area contributed by atoms with Gasteiger partial charge in [0.1, 0.15) is 5.75 Å². The predicted octanol–water partition coefficient (Wildman–Crippen LogP) is 4.28. The van der Waals surface area contributed by atoms with E-state index >= 15 is 0 Å². The number of rotatable bonds is 3. The Balaban J connectivity index is 2.22. The molecule has 0 saturated carbocycles. The molecule has 0 fully saturated rings. The van der Waals surface area contributed by atoms with Crippen molar-refractivity contribution in [1.82, 2.24) is 9.55 Å². The van der Waals surface area contributed by atoms with Crippen LogP contribution >= 0.6 is 0 Å². The second-order valence-corrected chi connectivity index (χ2v) is 6.08. The van der Waals surface area contributed by atoms with Crippen LogP contribution in [0.4, 0.5) is 0 Å². The Morgan fingerprint density at radius 3 is 2.38 bits per heavy atom. The van der Waals surface area contributed by atoms with Gasteiger partial charge in [-0.3, -0.25) is 9.78 Å². The first kappa shape index (κ1) is 16.1. The number of benzene rings is 2. The summed E-state index contributed by atoms with van der Waals surface area (Å²) in [5.74, 6) is 0.718. The molecule has 4 nitrogen and oxygen atoms in total. The molecule has 2 aromatic heterocycles. The Morgan fingerprint density at radius 1 is 0.923 bits per heavy atom. The molecule has 2 heterocycles. The lowest BCUT2D eigenvalue weighted by atomic mass is 9.95. The minimum absolute atomic E-state index is 0.0528. The van der Waals surface area contributed by atoms with Gasteiger partial charge in [-0.15, -0.1) is 0 Å². The SMILES string of the molecule is COc1ccc2c(=O)n(C)c(-c3ccccn3)c(-c3ccccc3)c2c1. The molecule has 0 aliphatic heterocycles. The number of hydrogen-bond donors (Lipinski definition) is 0. The third-order valence-corrected chi connectivity index (χ3v) is 4.57. The minimum Gasteiger partial charge on any atom is -0.497 e. The van der Waals surface area contributed by atoms with Crippen LogP contribution in [0.2, 0.25) is 0 Å². The maximum atomic E-state index is 13.0. The van der Waals surface area contributed by atoms with Crippen molar-refractivity contribution >= 4 is 10.8 Å². The third-order valence-electron chi connectivity index (χ3n) is 4.57. The second-order valence-electron chi connectivity index (χ2n) is 6.08. The van der Waals surface area contributed by atoms with Gasteiger partial charge in [-0.05, 0) is 35.9 Å². The summed E-state index contributed by atoms with van der Waals surface area (Å²) < 4.78 is 7.08. The van der Waals surface area contributed by atoms with Gasteiger partial charge in [-0.25, -0.2) is 0 Å². The van der Waals surface area contributed by atoms with Gasteiger partial charge >= 0.3 is 0 Å². The first-order chi connectivity index (χ1) is 12.7. The van der Waals surface area contributed by atoms with Crippen LogP contribution in [0, 0.1) is 0 Å². The Hall–Kier alpha value is -3.40. The number of hydrogen-bond acceptors (Lipinski definition) is 3. The Bertz CT molecular complexity index is 1130. The maximum absolute atomic E-state index is 13.0. The second kappa shape index (κ2) is 6.48. The summed E-state index contributed by atoms with van der Waals surface area (Å²) in [6, 6.07) is 21.3. The summed E-state index contributed by atoms with van der Waals surface area (Å²) >= 11 is 0. The number of ether oxygens (including phenoxy) is 1. The topological polar surface area (TPSA) is 44.1 Å². The van der Waals surface area contributed by atoms with Crippen LogP contribution in [-0.2, 0) is 7.05 Å². The van der Waals surface area contributed by atoms with Crippen LogP contribution in [-0.4, -0.2) is 16.7 Å². The van der Waals surface area contributed by atoms with Crippen molar-refractivity contribution in [2.24, 2.45) is 7.05 Å². The Labute approximate surface area is 151 Å². The molecule has 0 aliphatic carbocycles. The monoisotopic (exact) mass is 342 g/mol. The summed E-state index contributed by atoms with van der Waals surface area (Å²) in [6.07, 6.45) is 1.74. The number of methoxy groups -OCH3 is 1. The van der Waals surface area contributed by atoms with Gasteiger partial charge < -0.3 is 9.30 Å². The molecule has 0 spiro atoms. The van der Waals surface area contributed by atoms with Gasteiger partial charge in [-0.1, -0.05) is 36.4 Å². The van der Waals surface area contributed by atoms with Crippen molar-refractivity contribution in [2.75, 3.05) is 7.11 Å². The van der Waals surface area contributed by atoms with Gasteiger partial charge in [0.25, 0.3) is 5.56 Å². The molecule has 0 saturated heterocycles. The van der Waals surface area contributed by atoms with Crippen molar-refractivity contribution in [3.8, 4) is 28.3 Å². The number of fused-ring (bicyclic) bond motifs is 1. The fourth-order valence-electron chi connectivity index (χ4n) is 3.32. The summed E-state index contributed by atoms with van der Waals surface area (Å²) in [5.41, 5.74) is 3.50. The lowest BCUT2D eigenvalue weighted by Crippen LogP contribution is -2.20. The Morgan fingerprint density at radius 2 is 1.69 bits per heavy atom. The lowest BCUT2D eigenvalue weighted by molar-refractivity contribution is 0.415. The van der Waals surface area contributed by atoms with Gasteiger partial charge in [0.15, 0.2) is 0 Å². The fraction of sp³-hybridized carbons (Fsp3) is 0.0909. The average molecular weight is 342 g/mol. The largest absolute Gasteiger partial charge is 0.497 e. The minimum atomic E-state index is -0.0528. The quantitative estimate of drug-likeness (QED) is 0.558.